The molecule has 0 saturated carbocycles. The highest BCUT2D eigenvalue weighted by molar-refractivity contribution is 5.74. The van der Waals surface area contributed by atoms with Crippen LogP contribution in [-0.2, 0) is 9.59 Å². The number of unbranched alkanes of at least 4 members (excludes halogenated alkanes) is 1. The van der Waals surface area contributed by atoms with E-state index < -0.39 is 12.0 Å². The summed E-state index contributed by atoms with van der Waals surface area (Å²) in [5.41, 5.74) is 5.21. The van der Waals surface area contributed by atoms with Gasteiger partial charge in [0.15, 0.2) is 6.04 Å². The van der Waals surface area contributed by atoms with Gasteiger partial charge < -0.3 is 16.3 Å². The normalized spacial score (nSPS) is 10.8. The quantitative estimate of drug-likeness (QED) is 0.319. The van der Waals surface area contributed by atoms with E-state index in [2.05, 4.69) is 4.99 Å². The summed E-state index contributed by atoms with van der Waals surface area (Å²) in [7, 11) is 0. The van der Waals surface area contributed by atoms with Crippen molar-refractivity contribution in [1.82, 2.24) is 0 Å². The van der Waals surface area contributed by atoms with Crippen molar-refractivity contribution in [3.63, 3.8) is 0 Å². The van der Waals surface area contributed by atoms with E-state index in [-0.39, 0.29) is 5.48 Å². The van der Waals surface area contributed by atoms with Crippen LogP contribution in [0.4, 0.5) is 0 Å². The first-order valence-corrected chi connectivity index (χ1v) is 3.72. The van der Waals surface area contributed by atoms with Gasteiger partial charge >= 0.3 is 5.97 Å². The lowest BCUT2D eigenvalue weighted by Crippen LogP contribution is -2.17. The predicted molar refractivity (Wildman–Crippen MR) is 46.1 cm³/mol. The number of carboxylic acids is 1. The van der Waals surface area contributed by atoms with E-state index in [0.717, 1.165) is 6.42 Å². The molecule has 0 rings (SSSR count). The van der Waals surface area contributed by atoms with Gasteiger partial charge in [0.1, 0.15) is 0 Å². The number of hydrogen-bond donors (Lipinski definition) is 2. The molecule has 0 aromatic rings. The molecule has 6 nitrogen and oxygen atoms in total. The minimum absolute atomic E-state index is 0. The lowest BCUT2D eigenvalue weighted by atomic mass is 10.1. The molecule has 0 fully saturated rings. The number of nitrogens with two attached hydrogens (primary N) is 1. The molecule has 0 saturated heterocycles. The van der Waals surface area contributed by atoms with Crippen molar-refractivity contribution in [1.29, 1.82) is 0 Å². The first kappa shape index (κ1) is 14.3. The Kier molecular flexibility index (Phi) is 9.75. The highest BCUT2D eigenvalue weighted by atomic mass is 16.4. The van der Waals surface area contributed by atoms with E-state index in [1.165, 1.54) is 6.08 Å². The van der Waals surface area contributed by atoms with E-state index in [1.807, 2.05) is 0 Å². The van der Waals surface area contributed by atoms with Gasteiger partial charge in [0, 0.05) is 0 Å². The highest BCUT2D eigenvalue weighted by Gasteiger charge is 2.14. The Morgan fingerprint density at radius 3 is 2.54 bits per heavy atom. The summed E-state index contributed by atoms with van der Waals surface area (Å²) in [6, 6.07) is -0.950. The third-order valence-corrected chi connectivity index (χ3v) is 1.43. The molecule has 0 bridgehead atoms. The molecular weight excluding hydrogens is 176 g/mol. The van der Waals surface area contributed by atoms with Crippen molar-refractivity contribution in [3.05, 3.63) is 0 Å². The van der Waals surface area contributed by atoms with Crippen molar-refractivity contribution in [3.8, 4) is 0 Å². The van der Waals surface area contributed by atoms with Crippen LogP contribution in [0.2, 0.25) is 0 Å². The van der Waals surface area contributed by atoms with Gasteiger partial charge in [-0.3, -0.25) is 0 Å². The summed E-state index contributed by atoms with van der Waals surface area (Å²) in [6.45, 7) is 0.525. The molecule has 5 N–H and O–H groups in total. The third-order valence-electron chi connectivity index (χ3n) is 1.43. The summed E-state index contributed by atoms with van der Waals surface area (Å²) in [4.78, 5) is 23.3. The number of nitrogens with zero attached hydrogens (tertiary/aromatic N) is 1. The van der Waals surface area contributed by atoms with E-state index in [0.29, 0.717) is 19.4 Å². The Morgan fingerprint density at radius 2 is 2.15 bits per heavy atom. The second-order valence-corrected chi connectivity index (χ2v) is 2.36. The first-order valence-electron chi connectivity index (χ1n) is 3.72. The Bertz CT molecular complexity index is 187. The molecule has 0 spiro atoms. The third kappa shape index (κ3) is 7.14. The van der Waals surface area contributed by atoms with Crippen LogP contribution in [-0.4, -0.2) is 35.2 Å². The van der Waals surface area contributed by atoms with Gasteiger partial charge in [0.2, 0.25) is 6.08 Å². The molecule has 0 aliphatic carbocycles. The zero-order valence-corrected chi connectivity index (χ0v) is 7.19. The number of carbonyl (C=O) groups is 1. The van der Waals surface area contributed by atoms with E-state index >= 15 is 0 Å². The van der Waals surface area contributed by atoms with Gasteiger partial charge in [0.25, 0.3) is 0 Å². The topological polar surface area (TPSA) is 124 Å². The molecule has 1 atom stereocenters. The number of hydrogen-bond acceptors (Lipinski definition) is 4. The van der Waals surface area contributed by atoms with Crippen LogP contribution in [0.25, 0.3) is 0 Å². The smallest absolute Gasteiger partial charge is 0.329 e. The molecule has 76 valence electrons. The zero-order chi connectivity index (χ0) is 9.40. The fourth-order valence-corrected chi connectivity index (χ4v) is 0.789. The van der Waals surface area contributed by atoms with Crippen LogP contribution in [0.5, 0.6) is 0 Å². The summed E-state index contributed by atoms with van der Waals surface area (Å²) in [5, 5.41) is 8.50. The number of aliphatic imine (C=N–C) groups is 1. The van der Waals surface area contributed by atoms with Crippen LogP contribution >= 0.6 is 0 Å². The highest BCUT2D eigenvalue weighted by Crippen LogP contribution is 2.03. The number of rotatable bonds is 6. The number of aliphatic carboxylic acids is 1. The Morgan fingerprint density at radius 1 is 1.54 bits per heavy atom. The summed E-state index contributed by atoms with van der Waals surface area (Å²) >= 11 is 0. The summed E-state index contributed by atoms with van der Waals surface area (Å²) in [5.74, 6) is -1.09. The van der Waals surface area contributed by atoms with Crippen molar-refractivity contribution >= 4 is 12.0 Å². The molecule has 0 aliphatic rings. The van der Waals surface area contributed by atoms with Crippen molar-refractivity contribution in [2.45, 2.75) is 25.3 Å². The molecule has 1 unspecified atom stereocenters. The Hall–Kier alpha value is -1.23. The van der Waals surface area contributed by atoms with Crippen LogP contribution in [0.3, 0.4) is 0 Å². The van der Waals surface area contributed by atoms with E-state index in [1.54, 1.807) is 0 Å². The van der Waals surface area contributed by atoms with Crippen molar-refractivity contribution in [2.24, 2.45) is 10.7 Å². The van der Waals surface area contributed by atoms with Crippen molar-refractivity contribution < 1.29 is 20.2 Å². The molecule has 0 aliphatic heterocycles. The van der Waals surface area contributed by atoms with Crippen LogP contribution in [0.15, 0.2) is 4.99 Å². The van der Waals surface area contributed by atoms with Crippen molar-refractivity contribution in [2.75, 3.05) is 6.54 Å². The monoisotopic (exact) mass is 190 g/mol. The molecular formula is C7H14N2O4. The maximum atomic E-state index is 10.4. The maximum absolute atomic E-state index is 10.4. The Labute approximate surface area is 75.8 Å². The van der Waals surface area contributed by atoms with Crippen LogP contribution < -0.4 is 5.73 Å². The number of carboxylic acid groups (broad SMARTS) is 1. The standard InChI is InChI=1S/C7H12N2O3.H2O/c8-4-2-1-3-6(7(11)12)9-5-10;/h6H,1-4,8H2,(H,11,12);1H2. The van der Waals surface area contributed by atoms with Gasteiger partial charge in [-0.2, -0.15) is 4.99 Å². The molecule has 13 heavy (non-hydrogen) atoms. The van der Waals surface area contributed by atoms with Crippen LogP contribution in [0, 0.1) is 0 Å². The largest absolute Gasteiger partial charge is 0.480 e. The second kappa shape index (κ2) is 8.86. The molecule has 0 amide bonds. The fraction of sp³-hybridized carbons (Fsp3) is 0.714. The molecule has 6 heteroatoms. The second-order valence-electron chi connectivity index (χ2n) is 2.36. The van der Waals surface area contributed by atoms with Gasteiger partial charge in [-0.05, 0) is 25.8 Å². The van der Waals surface area contributed by atoms with Gasteiger partial charge in [-0.15, -0.1) is 0 Å². The minimum Gasteiger partial charge on any atom is -0.480 e. The average molecular weight is 190 g/mol. The summed E-state index contributed by atoms with van der Waals surface area (Å²) in [6.07, 6.45) is 3.00. The van der Waals surface area contributed by atoms with Crippen LogP contribution in [0.1, 0.15) is 19.3 Å². The van der Waals surface area contributed by atoms with Gasteiger partial charge in [0.05, 0.1) is 0 Å². The first-order chi connectivity index (χ1) is 5.72. The SMILES string of the molecule is NCCCCC(N=C=O)C(=O)O.O. The molecule has 0 aromatic carbocycles. The zero-order valence-electron chi connectivity index (χ0n) is 7.19. The maximum Gasteiger partial charge on any atom is 0.329 e. The van der Waals surface area contributed by atoms with E-state index in [9.17, 15) is 9.59 Å². The fourth-order valence-electron chi connectivity index (χ4n) is 0.789. The summed E-state index contributed by atoms with van der Waals surface area (Å²) < 4.78 is 0. The average Bonchev–Trinajstić information content (AvgIpc) is 2.03. The minimum atomic E-state index is -1.09. The lowest BCUT2D eigenvalue weighted by Gasteiger charge is -2.02. The van der Waals surface area contributed by atoms with Gasteiger partial charge in [-0.1, -0.05) is 0 Å². The molecule has 0 heterocycles. The predicted octanol–water partition coefficient (Wildman–Crippen LogP) is -0.920. The lowest BCUT2D eigenvalue weighted by molar-refractivity contribution is -0.138. The molecule has 0 aromatic heterocycles. The number of carbonyl (C=O) groups excluding carboxylic acids is 1. The Balaban J connectivity index is 0. The van der Waals surface area contributed by atoms with Gasteiger partial charge in [-0.25, -0.2) is 9.59 Å². The number of isocyanates is 1. The van der Waals surface area contributed by atoms with E-state index in [4.69, 9.17) is 10.8 Å². The molecule has 0 radical (unpaired) electrons.